The SMILES string of the molecule is O=CNC(CCSCC1Cc2cc(Cl)ccc2O1)C(=O)O. The Balaban J connectivity index is 1.71. The van der Waals surface area contributed by atoms with Gasteiger partial charge >= 0.3 is 5.97 Å². The topological polar surface area (TPSA) is 75.6 Å². The molecule has 2 rings (SSSR count). The number of hydrogen-bond donors (Lipinski definition) is 2. The Morgan fingerprint density at radius 3 is 3.14 bits per heavy atom. The van der Waals surface area contributed by atoms with Crippen molar-refractivity contribution in [3.63, 3.8) is 0 Å². The molecule has 0 aliphatic carbocycles. The summed E-state index contributed by atoms with van der Waals surface area (Å²) in [6.07, 6.45) is 1.72. The Hall–Kier alpha value is -1.40. The fourth-order valence-electron chi connectivity index (χ4n) is 2.16. The van der Waals surface area contributed by atoms with Crippen molar-refractivity contribution in [2.75, 3.05) is 11.5 Å². The van der Waals surface area contributed by atoms with Crippen molar-refractivity contribution < 1.29 is 19.4 Å². The molecule has 2 unspecified atom stereocenters. The molecule has 7 heteroatoms. The number of carbonyl (C=O) groups excluding carboxylic acids is 1. The van der Waals surface area contributed by atoms with Crippen molar-refractivity contribution in [1.29, 1.82) is 0 Å². The molecule has 21 heavy (non-hydrogen) atoms. The highest BCUT2D eigenvalue weighted by molar-refractivity contribution is 7.99. The molecule has 114 valence electrons. The van der Waals surface area contributed by atoms with Crippen molar-refractivity contribution in [3.8, 4) is 5.75 Å². The number of nitrogens with one attached hydrogen (secondary N) is 1. The van der Waals surface area contributed by atoms with E-state index in [0.717, 1.165) is 23.5 Å². The predicted molar refractivity (Wildman–Crippen MR) is 82.1 cm³/mol. The summed E-state index contributed by atoms with van der Waals surface area (Å²) >= 11 is 7.56. The Kier molecular flexibility index (Phi) is 5.76. The predicted octanol–water partition coefficient (Wildman–Crippen LogP) is 1.97. The quantitative estimate of drug-likeness (QED) is 0.563. The zero-order valence-corrected chi connectivity index (χ0v) is 12.8. The number of fused-ring (bicyclic) bond motifs is 1. The van der Waals surface area contributed by atoms with E-state index >= 15 is 0 Å². The van der Waals surface area contributed by atoms with Crippen LogP contribution in [0.5, 0.6) is 5.75 Å². The highest BCUT2D eigenvalue weighted by atomic mass is 35.5. The van der Waals surface area contributed by atoms with Crippen LogP contribution in [0.4, 0.5) is 0 Å². The lowest BCUT2D eigenvalue weighted by Gasteiger charge is -2.12. The number of ether oxygens (including phenoxy) is 1. The van der Waals surface area contributed by atoms with Gasteiger partial charge in [0.1, 0.15) is 17.9 Å². The molecular weight excluding hydrogens is 314 g/mol. The summed E-state index contributed by atoms with van der Waals surface area (Å²) in [6.45, 7) is 0. The molecule has 2 atom stereocenters. The summed E-state index contributed by atoms with van der Waals surface area (Å²) in [5.74, 6) is 1.28. The first-order valence-corrected chi connectivity index (χ1v) is 8.08. The van der Waals surface area contributed by atoms with Gasteiger partial charge < -0.3 is 15.2 Å². The fourth-order valence-corrected chi connectivity index (χ4v) is 3.37. The number of halogens is 1. The monoisotopic (exact) mass is 329 g/mol. The van der Waals surface area contributed by atoms with E-state index in [1.165, 1.54) is 0 Å². The molecule has 0 spiro atoms. The van der Waals surface area contributed by atoms with Crippen LogP contribution in [0, 0.1) is 0 Å². The second kappa shape index (κ2) is 7.56. The smallest absolute Gasteiger partial charge is 0.326 e. The van der Waals surface area contributed by atoms with Crippen molar-refractivity contribution in [2.24, 2.45) is 0 Å². The Labute approximate surface area is 132 Å². The van der Waals surface area contributed by atoms with Crippen LogP contribution in [0.2, 0.25) is 5.02 Å². The van der Waals surface area contributed by atoms with Gasteiger partial charge in [-0.15, -0.1) is 0 Å². The van der Waals surface area contributed by atoms with Gasteiger partial charge in [-0.3, -0.25) is 4.79 Å². The lowest BCUT2D eigenvalue weighted by molar-refractivity contribution is -0.140. The van der Waals surface area contributed by atoms with Gasteiger partial charge in [-0.1, -0.05) is 11.6 Å². The van der Waals surface area contributed by atoms with Crippen LogP contribution in [0.3, 0.4) is 0 Å². The average molecular weight is 330 g/mol. The fraction of sp³-hybridized carbons (Fsp3) is 0.429. The molecule has 0 saturated carbocycles. The number of benzene rings is 1. The molecule has 0 bridgehead atoms. The molecule has 0 fully saturated rings. The summed E-state index contributed by atoms with van der Waals surface area (Å²) in [4.78, 5) is 21.2. The normalized spacial score (nSPS) is 17.7. The molecule has 1 aliphatic rings. The number of amides is 1. The zero-order valence-electron chi connectivity index (χ0n) is 11.3. The summed E-state index contributed by atoms with van der Waals surface area (Å²) in [7, 11) is 0. The number of aliphatic carboxylic acids is 1. The molecule has 1 heterocycles. The maximum Gasteiger partial charge on any atom is 0.326 e. The Bertz CT molecular complexity index is 526. The largest absolute Gasteiger partial charge is 0.489 e. The zero-order chi connectivity index (χ0) is 15.2. The minimum atomic E-state index is -1.01. The molecule has 2 N–H and O–H groups in total. The lowest BCUT2D eigenvalue weighted by Crippen LogP contribution is -2.36. The molecule has 5 nitrogen and oxygen atoms in total. The van der Waals surface area contributed by atoms with Gasteiger partial charge in [0.05, 0.1) is 0 Å². The number of carboxylic acid groups (broad SMARTS) is 1. The number of hydrogen-bond acceptors (Lipinski definition) is 4. The minimum Gasteiger partial charge on any atom is -0.489 e. The van der Waals surface area contributed by atoms with Crippen LogP contribution in [0.1, 0.15) is 12.0 Å². The summed E-state index contributed by atoms with van der Waals surface area (Å²) in [5, 5.41) is 11.9. The second-order valence-electron chi connectivity index (χ2n) is 4.73. The minimum absolute atomic E-state index is 0.0887. The lowest BCUT2D eigenvalue weighted by atomic mass is 10.1. The van der Waals surface area contributed by atoms with Gasteiger partial charge in [0.25, 0.3) is 0 Å². The number of thioether (sulfide) groups is 1. The van der Waals surface area contributed by atoms with Gasteiger partial charge in [0, 0.05) is 17.2 Å². The van der Waals surface area contributed by atoms with Crippen LogP contribution < -0.4 is 10.1 Å². The van der Waals surface area contributed by atoms with E-state index in [9.17, 15) is 9.59 Å². The first kappa shape index (κ1) is 16.0. The van der Waals surface area contributed by atoms with E-state index in [-0.39, 0.29) is 6.10 Å². The highest BCUT2D eigenvalue weighted by Gasteiger charge is 2.23. The summed E-state index contributed by atoms with van der Waals surface area (Å²) in [6, 6.07) is 4.76. The van der Waals surface area contributed by atoms with Crippen LogP contribution in [-0.2, 0) is 16.0 Å². The van der Waals surface area contributed by atoms with Gasteiger partial charge in [0.15, 0.2) is 0 Å². The third kappa shape index (κ3) is 4.54. The van der Waals surface area contributed by atoms with E-state index in [0.29, 0.717) is 23.6 Å². The van der Waals surface area contributed by atoms with Gasteiger partial charge in [-0.25, -0.2) is 4.79 Å². The number of rotatable bonds is 8. The van der Waals surface area contributed by atoms with Crippen LogP contribution >= 0.6 is 23.4 Å². The molecule has 1 aromatic rings. The molecule has 1 amide bonds. The average Bonchev–Trinajstić information content (AvgIpc) is 2.83. The van der Waals surface area contributed by atoms with Crippen LogP contribution in [-0.4, -0.2) is 41.1 Å². The first-order chi connectivity index (χ1) is 10.1. The molecule has 1 aliphatic heterocycles. The van der Waals surface area contributed by atoms with Crippen molar-refractivity contribution in [1.82, 2.24) is 5.32 Å². The standard InChI is InChI=1S/C14H16ClNO4S/c15-10-1-2-13-9(5-10)6-11(20-13)7-21-4-3-12(14(18)19)16-8-17/h1-2,5,8,11-12H,3-4,6-7H2,(H,16,17)(H,18,19). The van der Waals surface area contributed by atoms with Crippen LogP contribution in [0.15, 0.2) is 18.2 Å². The molecule has 0 radical (unpaired) electrons. The second-order valence-corrected chi connectivity index (χ2v) is 6.32. The van der Waals surface area contributed by atoms with Crippen molar-refractivity contribution >= 4 is 35.7 Å². The molecule has 1 aromatic carbocycles. The molecule has 0 saturated heterocycles. The highest BCUT2D eigenvalue weighted by Crippen LogP contribution is 2.32. The van der Waals surface area contributed by atoms with Gasteiger partial charge in [-0.05, 0) is 35.9 Å². The Morgan fingerprint density at radius 1 is 1.62 bits per heavy atom. The third-order valence-electron chi connectivity index (χ3n) is 3.19. The van der Waals surface area contributed by atoms with Crippen LogP contribution in [0.25, 0.3) is 0 Å². The van der Waals surface area contributed by atoms with Crippen molar-refractivity contribution in [3.05, 3.63) is 28.8 Å². The van der Waals surface area contributed by atoms with E-state index < -0.39 is 12.0 Å². The van der Waals surface area contributed by atoms with E-state index in [1.807, 2.05) is 12.1 Å². The molecular formula is C14H16ClNO4S. The van der Waals surface area contributed by atoms with E-state index in [1.54, 1.807) is 17.8 Å². The maximum absolute atomic E-state index is 10.9. The first-order valence-electron chi connectivity index (χ1n) is 6.55. The summed E-state index contributed by atoms with van der Waals surface area (Å²) < 4.78 is 5.80. The maximum atomic E-state index is 10.9. The summed E-state index contributed by atoms with van der Waals surface area (Å²) in [5.41, 5.74) is 1.11. The van der Waals surface area contributed by atoms with Gasteiger partial charge in [-0.2, -0.15) is 11.8 Å². The van der Waals surface area contributed by atoms with Gasteiger partial charge in [0.2, 0.25) is 6.41 Å². The van der Waals surface area contributed by atoms with E-state index in [2.05, 4.69) is 5.32 Å². The Morgan fingerprint density at radius 2 is 2.43 bits per heavy atom. The van der Waals surface area contributed by atoms with E-state index in [4.69, 9.17) is 21.4 Å². The number of carbonyl (C=O) groups is 2. The third-order valence-corrected chi connectivity index (χ3v) is 4.55. The molecule has 0 aromatic heterocycles. The van der Waals surface area contributed by atoms with Crippen molar-refractivity contribution in [2.45, 2.75) is 25.0 Å². The number of carboxylic acids is 1.